The number of nitrogens with zero attached hydrogens (tertiary/aromatic N) is 2. The number of hydrogen-bond acceptors (Lipinski definition) is 3. The highest BCUT2D eigenvalue weighted by molar-refractivity contribution is 5.98. The van der Waals surface area contributed by atoms with Crippen molar-refractivity contribution >= 4 is 22.5 Å². The molecule has 2 heterocycles. The third kappa shape index (κ3) is 2.93. The van der Waals surface area contributed by atoms with E-state index < -0.39 is 0 Å². The van der Waals surface area contributed by atoms with E-state index in [0.717, 1.165) is 60.7 Å². The van der Waals surface area contributed by atoms with Gasteiger partial charge in [-0.1, -0.05) is 12.1 Å². The molecule has 0 atom stereocenters. The molecule has 1 amide bonds. The van der Waals surface area contributed by atoms with Crippen LogP contribution in [0.3, 0.4) is 0 Å². The van der Waals surface area contributed by atoms with Gasteiger partial charge in [0.15, 0.2) is 0 Å². The smallest absolute Gasteiger partial charge is 0.253 e. The summed E-state index contributed by atoms with van der Waals surface area (Å²) in [6, 6.07) is 12.6. The van der Waals surface area contributed by atoms with Crippen LogP contribution in [-0.4, -0.2) is 28.9 Å². The van der Waals surface area contributed by atoms with Crippen molar-refractivity contribution < 1.29 is 4.79 Å². The lowest BCUT2D eigenvalue weighted by atomic mass is 9.84. The molecule has 0 radical (unpaired) electrons. The monoisotopic (exact) mass is 371 g/mol. The van der Waals surface area contributed by atoms with Crippen LogP contribution in [0.4, 0.5) is 5.82 Å². The number of fused-ring (bicyclic) bond motifs is 2. The van der Waals surface area contributed by atoms with Crippen molar-refractivity contribution in [1.82, 2.24) is 9.88 Å². The number of nitrogens with two attached hydrogens (primary N) is 1. The van der Waals surface area contributed by atoms with Crippen LogP contribution >= 0.6 is 0 Å². The third-order valence-corrected chi connectivity index (χ3v) is 6.21. The number of hydrogen-bond donors (Lipinski definition) is 1. The van der Waals surface area contributed by atoms with Crippen molar-refractivity contribution in [3.63, 3.8) is 0 Å². The van der Waals surface area contributed by atoms with Gasteiger partial charge in [-0.2, -0.15) is 0 Å². The van der Waals surface area contributed by atoms with Gasteiger partial charge in [0.1, 0.15) is 5.82 Å². The summed E-state index contributed by atoms with van der Waals surface area (Å²) in [5, 5.41) is 2.07. The number of amides is 1. The van der Waals surface area contributed by atoms with Gasteiger partial charge in [-0.05, 0) is 90.4 Å². The largest absolute Gasteiger partial charge is 0.383 e. The first-order chi connectivity index (χ1) is 13.7. The van der Waals surface area contributed by atoms with E-state index >= 15 is 0 Å². The summed E-state index contributed by atoms with van der Waals surface area (Å²) in [6.45, 7) is 1.76. The molecule has 142 valence electrons. The molecule has 1 aliphatic heterocycles. The molecule has 28 heavy (non-hydrogen) atoms. The number of likely N-dealkylation sites (tertiary alicyclic amines) is 1. The predicted octanol–water partition coefficient (Wildman–Crippen LogP) is 4.60. The first-order valence-electron chi connectivity index (χ1n) is 10.3. The highest BCUT2D eigenvalue weighted by Gasteiger charge is 2.23. The van der Waals surface area contributed by atoms with Crippen molar-refractivity contribution in [3.05, 3.63) is 59.3 Å². The maximum atomic E-state index is 13.1. The molecule has 1 fully saturated rings. The molecule has 1 aliphatic carbocycles. The zero-order valence-electron chi connectivity index (χ0n) is 16.1. The SMILES string of the molecule is Nc1nccc2ccc(-c3cc(C(=O)N4CCCC4)cc4c3CCCC4)cc12. The molecule has 3 aromatic rings. The van der Waals surface area contributed by atoms with E-state index in [2.05, 4.69) is 35.3 Å². The van der Waals surface area contributed by atoms with Crippen LogP contribution in [0.1, 0.15) is 47.2 Å². The lowest BCUT2D eigenvalue weighted by Gasteiger charge is -2.23. The Morgan fingerprint density at radius 1 is 0.964 bits per heavy atom. The van der Waals surface area contributed by atoms with E-state index in [1.807, 2.05) is 11.0 Å². The number of benzene rings is 2. The zero-order valence-corrected chi connectivity index (χ0v) is 16.1. The number of carbonyl (C=O) groups excluding carboxylic acids is 1. The van der Waals surface area contributed by atoms with Crippen LogP contribution in [0, 0.1) is 0 Å². The first kappa shape index (κ1) is 17.2. The molecule has 0 unspecified atom stereocenters. The van der Waals surface area contributed by atoms with Gasteiger partial charge in [-0.3, -0.25) is 4.79 Å². The van der Waals surface area contributed by atoms with Crippen LogP contribution in [0.5, 0.6) is 0 Å². The molecule has 2 N–H and O–H groups in total. The summed E-state index contributed by atoms with van der Waals surface area (Å²) in [7, 11) is 0. The zero-order chi connectivity index (χ0) is 19.1. The second-order valence-corrected chi connectivity index (χ2v) is 8.00. The molecule has 5 rings (SSSR count). The summed E-state index contributed by atoms with van der Waals surface area (Å²) in [4.78, 5) is 19.3. The van der Waals surface area contributed by atoms with Gasteiger partial charge in [0.2, 0.25) is 0 Å². The molecule has 1 saturated heterocycles. The van der Waals surface area contributed by atoms with Crippen LogP contribution in [-0.2, 0) is 12.8 Å². The molecule has 4 nitrogen and oxygen atoms in total. The standard InChI is InChI=1S/C24H25N3O/c25-23-22-14-18(8-7-16(22)9-10-26-23)21-15-19(24(28)27-11-3-4-12-27)13-17-5-1-2-6-20(17)21/h7-10,13-15H,1-6,11-12H2,(H2,25,26). The van der Waals surface area contributed by atoms with Gasteiger partial charge >= 0.3 is 0 Å². The first-order valence-corrected chi connectivity index (χ1v) is 10.3. The van der Waals surface area contributed by atoms with E-state index in [0.29, 0.717) is 5.82 Å². The Kier molecular flexibility index (Phi) is 4.27. The lowest BCUT2D eigenvalue weighted by molar-refractivity contribution is 0.0792. The summed E-state index contributed by atoms with van der Waals surface area (Å²) < 4.78 is 0. The second-order valence-electron chi connectivity index (χ2n) is 8.00. The maximum Gasteiger partial charge on any atom is 0.253 e. The van der Waals surface area contributed by atoms with Gasteiger partial charge in [0.05, 0.1) is 0 Å². The van der Waals surface area contributed by atoms with Crippen LogP contribution < -0.4 is 5.73 Å². The fourth-order valence-electron chi connectivity index (χ4n) is 4.71. The number of nitrogen functional groups attached to an aromatic ring is 1. The van der Waals surface area contributed by atoms with E-state index in [1.54, 1.807) is 6.20 Å². The molecular weight excluding hydrogens is 346 g/mol. The van der Waals surface area contributed by atoms with Gasteiger partial charge in [0.25, 0.3) is 5.91 Å². The minimum absolute atomic E-state index is 0.175. The normalized spacial score (nSPS) is 16.4. The van der Waals surface area contributed by atoms with Gasteiger partial charge in [-0.15, -0.1) is 0 Å². The van der Waals surface area contributed by atoms with E-state index in [4.69, 9.17) is 5.73 Å². The number of pyridine rings is 1. The second kappa shape index (κ2) is 6.93. The quantitative estimate of drug-likeness (QED) is 0.716. The molecule has 1 aromatic heterocycles. The Morgan fingerprint density at radius 3 is 2.64 bits per heavy atom. The van der Waals surface area contributed by atoms with Gasteiger partial charge < -0.3 is 10.6 Å². The Bertz CT molecular complexity index is 1070. The highest BCUT2D eigenvalue weighted by Crippen LogP contribution is 2.35. The number of aryl methyl sites for hydroxylation is 1. The van der Waals surface area contributed by atoms with Gasteiger partial charge in [-0.25, -0.2) is 4.98 Å². The summed E-state index contributed by atoms with van der Waals surface area (Å²) in [5.74, 6) is 0.728. The molecule has 2 aromatic carbocycles. The topological polar surface area (TPSA) is 59.2 Å². The molecule has 0 saturated carbocycles. The average molecular weight is 371 g/mol. The number of rotatable bonds is 2. The fourth-order valence-corrected chi connectivity index (χ4v) is 4.71. The molecule has 0 spiro atoms. The van der Waals surface area contributed by atoms with Crippen molar-refractivity contribution in [2.45, 2.75) is 38.5 Å². The summed E-state index contributed by atoms with van der Waals surface area (Å²) in [5.41, 5.74) is 12.0. The predicted molar refractivity (Wildman–Crippen MR) is 113 cm³/mol. The van der Waals surface area contributed by atoms with E-state index in [9.17, 15) is 4.79 Å². The minimum atomic E-state index is 0.175. The number of aromatic nitrogens is 1. The minimum Gasteiger partial charge on any atom is -0.383 e. The Balaban J connectivity index is 1.66. The summed E-state index contributed by atoms with van der Waals surface area (Å²) >= 11 is 0. The lowest BCUT2D eigenvalue weighted by Crippen LogP contribution is -2.28. The molecule has 2 aliphatic rings. The van der Waals surface area contributed by atoms with E-state index in [-0.39, 0.29) is 5.91 Å². The Labute approximate surface area is 165 Å². The van der Waals surface area contributed by atoms with Crippen molar-refractivity contribution in [1.29, 1.82) is 0 Å². The number of anilines is 1. The molecule has 4 heteroatoms. The fraction of sp³-hybridized carbons (Fsp3) is 0.333. The third-order valence-electron chi connectivity index (χ3n) is 6.21. The van der Waals surface area contributed by atoms with Crippen molar-refractivity contribution in [2.75, 3.05) is 18.8 Å². The van der Waals surface area contributed by atoms with E-state index in [1.165, 1.54) is 29.5 Å². The van der Waals surface area contributed by atoms with Crippen molar-refractivity contribution in [2.24, 2.45) is 0 Å². The molecule has 0 bridgehead atoms. The van der Waals surface area contributed by atoms with Crippen LogP contribution in [0.15, 0.2) is 42.6 Å². The highest BCUT2D eigenvalue weighted by atomic mass is 16.2. The summed E-state index contributed by atoms with van der Waals surface area (Å²) in [6.07, 6.45) is 8.50. The Hall–Kier alpha value is -2.88. The molecular formula is C24H25N3O. The van der Waals surface area contributed by atoms with Crippen molar-refractivity contribution in [3.8, 4) is 11.1 Å². The van der Waals surface area contributed by atoms with Crippen LogP contribution in [0.2, 0.25) is 0 Å². The van der Waals surface area contributed by atoms with Crippen LogP contribution in [0.25, 0.3) is 21.9 Å². The number of carbonyl (C=O) groups is 1. The Morgan fingerprint density at radius 2 is 1.79 bits per heavy atom. The van der Waals surface area contributed by atoms with Gasteiger partial charge in [0, 0.05) is 30.2 Å². The maximum absolute atomic E-state index is 13.1. The average Bonchev–Trinajstić information content (AvgIpc) is 3.27.